The topological polar surface area (TPSA) is 32.3 Å². The SMILES string of the molecule is CCN(CC)C(=O)NC(C)C1CCCC1. The molecule has 0 aromatic carbocycles. The maximum atomic E-state index is 11.8. The highest BCUT2D eigenvalue weighted by Crippen LogP contribution is 2.27. The highest BCUT2D eigenvalue weighted by molar-refractivity contribution is 5.74. The van der Waals surface area contributed by atoms with E-state index in [0.717, 1.165) is 13.1 Å². The van der Waals surface area contributed by atoms with Crippen molar-refractivity contribution in [2.24, 2.45) is 5.92 Å². The van der Waals surface area contributed by atoms with Crippen LogP contribution in [0.25, 0.3) is 0 Å². The Balaban J connectivity index is 2.35. The number of urea groups is 1. The van der Waals surface area contributed by atoms with E-state index in [1.54, 1.807) is 0 Å². The molecule has 1 unspecified atom stereocenters. The van der Waals surface area contributed by atoms with Gasteiger partial charge in [-0.15, -0.1) is 0 Å². The van der Waals surface area contributed by atoms with Gasteiger partial charge in [0.05, 0.1) is 0 Å². The Morgan fingerprint density at radius 1 is 1.33 bits per heavy atom. The Kier molecular flexibility index (Phi) is 4.92. The van der Waals surface area contributed by atoms with Gasteiger partial charge in [0.15, 0.2) is 0 Å². The lowest BCUT2D eigenvalue weighted by Gasteiger charge is -2.25. The van der Waals surface area contributed by atoms with Gasteiger partial charge < -0.3 is 10.2 Å². The van der Waals surface area contributed by atoms with Gasteiger partial charge in [0.1, 0.15) is 0 Å². The summed E-state index contributed by atoms with van der Waals surface area (Å²) in [5.41, 5.74) is 0. The zero-order valence-corrected chi connectivity index (χ0v) is 10.3. The molecule has 3 nitrogen and oxygen atoms in total. The highest BCUT2D eigenvalue weighted by atomic mass is 16.2. The third-order valence-corrected chi connectivity index (χ3v) is 3.51. The number of carbonyl (C=O) groups excluding carboxylic acids is 1. The molecule has 1 N–H and O–H groups in total. The van der Waals surface area contributed by atoms with E-state index in [-0.39, 0.29) is 6.03 Å². The first-order valence-electron chi connectivity index (χ1n) is 6.24. The van der Waals surface area contributed by atoms with Gasteiger partial charge >= 0.3 is 6.03 Å². The lowest BCUT2D eigenvalue weighted by atomic mass is 10.0. The quantitative estimate of drug-likeness (QED) is 0.763. The van der Waals surface area contributed by atoms with Gasteiger partial charge in [0, 0.05) is 19.1 Å². The molecule has 0 bridgehead atoms. The van der Waals surface area contributed by atoms with Crippen LogP contribution in [0.2, 0.25) is 0 Å². The number of nitrogens with zero attached hydrogens (tertiary/aromatic N) is 1. The third kappa shape index (κ3) is 3.40. The van der Waals surface area contributed by atoms with E-state index in [2.05, 4.69) is 12.2 Å². The van der Waals surface area contributed by atoms with Crippen LogP contribution in [0.1, 0.15) is 46.5 Å². The fourth-order valence-corrected chi connectivity index (χ4v) is 2.37. The van der Waals surface area contributed by atoms with E-state index in [4.69, 9.17) is 0 Å². The van der Waals surface area contributed by atoms with Crippen LogP contribution in [-0.4, -0.2) is 30.1 Å². The van der Waals surface area contributed by atoms with Crippen molar-refractivity contribution < 1.29 is 4.79 Å². The Labute approximate surface area is 93.2 Å². The van der Waals surface area contributed by atoms with Crippen LogP contribution in [0.4, 0.5) is 4.79 Å². The van der Waals surface area contributed by atoms with Crippen LogP contribution in [0.3, 0.4) is 0 Å². The lowest BCUT2D eigenvalue weighted by Crippen LogP contribution is -2.45. The molecule has 0 heterocycles. The first-order valence-corrected chi connectivity index (χ1v) is 6.24. The summed E-state index contributed by atoms with van der Waals surface area (Å²) in [6, 6.07) is 0.431. The molecule has 0 aromatic rings. The van der Waals surface area contributed by atoms with Crippen molar-refractivity contribution in [3.63, 3.8) is 0 Å². The number of nitrogens with one attached hydrogen (secondary N) is 1. The molecule has 1 atom stereocenters. The molecule has 1 saturated carbocycles. The van der Waals surface area contributed by atoms with Gasteiger partial charge in [0.2, 0.25) is 0 Å². The summed E-state index contributed by atoms with van der Waals surface area (Å²) in [4.78, 5) is 13.6. The summed E-state index contributed by atoms with van der Waals surface area (Å²) >= 11 is 0. The predicted octanol–water partition coefficient (Wildman–Crippen LogP) is 2.62. The Bertz CT molecular complexity index is 196. The largest absolute Gasteiger partial charge is 0.335 e. The number of rotatable bonds is 4. The van der Waals surface area contributed by atoms with Crippen molar-refractivity contribution in [2.45, 2.75) is 52.5 Å². The number of hydrogen-bond acceptors (Lipinski definition) is 1. The lowest BCUT2D eigenvalue weighted by molar-refractivity contribution is 0.195. The first-order chi connectivity index (χ1) is 7.19. The predicted molar refractivity (Wildman–Crippen MR) is 62.9 cm³/mol. The van der Waals surface area contributed by atoms with E-state index in [1.807, 2.05) is 18.7 Å². The molecule has 0 spiro atoms. The van der Waals surface area contributed by atoms with Crippen molar-refractivity contribution in [3.05, 3.63) is 0 Å². The molecule has 3 heteroatoms. The van der Waals surface area contributed by atoms with Crippen LogP contribution < -0.4 is 5.32 Å². The zero-order valence-electron chi connectivity index (χ0n) is 10.3. The molecule has 0 aromatic heterocycles. The third-order valence-electron chi connectivity index (χ3n) is 3.51. The minimum atomic E-state index is 0.0967. The fraction of sp³-hybridized carbons (Fsp3) is 0.917. The van der Waals surface area contributed by atoms with Crippen molar-refractivity contribution in [2.75, 3.05) is 13.1 Å². The molecule has 0 radical (unpaired) electrons. The van der Waals surface area contributed by atoms with E-state index in [1.165, 1.54) is 25.7 Å². The standard InChI is InChI=1S/C12H24N2O/c1-4-14(5-2)12(15)13-10(3)11-8-6-7-9-11/h10-11H,4-9H2,1-3H3,(H,13,15). The monoisotopic (exact) mass is 212 g/mol. The molecule has 0 saturated heterocycles. The average Bonchev–Trinajstić information content (AvgIpc) is 2.72. The molecule has 2 amide bonds. The number of hydrogen-bond donors (Lipinski definition) is 1. The maximum absolute atomic E-state index is 11.8. The summed E-state index contributed by atoms with van der Waals surface area (Å²) in [5.74, 6) is 0.699. The minimum Gasteiger partial charge on any atom is -0.335 e. The average molecular weight is 212 g/mol. The molecule has 15 heavy (non-hydrogen) atoms. The van der Waals surface area contributed by atoms with E-state index >= 15 is 0 Å². The minimum absolute atomic E-state index is 0.0967. The van der Waals surface area contributed by atoms with Crippen LogP contribution >= 0.6 is 0 Å². The Morgan fingerprint density at radius 3 is 2.33 bits per heavy atom. The molecule has 1 aliphatic carbocycles. The van der Waals surface area contributed by atoms with Crippen molar-refractivity contribution in [3.8, 4) is 0 Å². The molecule has 1 fully saturated rings. The van der Waals surface area contributed by atoms with Crippen molar-refractivity contribution in [1.29, 1.82) is 0 Å². The van der Waals surface area contributed by atoms with Gasteiger partial charge in [-0.2, -0.15) is 0 Å². The summed E-state index contributed by atoms with van der Waals surface area (Å²) < 4.78 is 0. The van der Waals surface area contributed by atoms with Crippen LogP contribution in [0.5, 0.6) is 0 Å². The van der Waals surface area contributed by atoms with Gasteiger partial charge in [-0.25, -0.2) is 4.79 Å². The van der Waals surface area contributed by atoms with Gasteiger partial charge in [0.25, 0.3) is 0 Å². The van der Waals surface area contributed by atoms with Gasteiger partial charge in [-0.05, 0) is 39.5 Å². The van der Waals surface area contributed by atoms with Crippen LogP contribution in [-0.2, 0) is 0 Å². The molecule has 88 valence electrons. The number of amides is 2. The van der Waals surface area contributed by atoms with E-state index in [9.17, 15) is 4.79 Å². The molecule has 1 aliphatic rings. The van der Waals surface area contributed by atoms with Gasteiger partial charge in [-0.3, -0.25) is 0 Å². The summed E-state index contributed by atoms with van der Waals surface area (Å²) in [5, 5.41) is 3.11. The summed E-state index contributed by atoms with van der Waals surface area (Å²) in [7, 11) is 0. The van der Waals surface area contributed by atoms with Crippen LogP contribution in [0.15, 0.2) is 0 Å². The van der Waals surface area contributed by atoms with Gasteiger partial charge in [-0.1, -0.05) is 12.8 Å². The second-order valence-electron chi connectivity index (χ2n) is 4.45. The number of carbonyl (C=O) groups is 1. The van der Waals surface area contributed by atoms with E-state index < -0.39 is 0 Å². The molecular formula is C12H24N2O. The zero-order chi connectivity index (χ0) is 11.3. The molecule has 0 aliphatic heterocycles. The molecular weight excluding hydrogens is 188 g/mol. The second kappa shape index (κ2) is 5.99. The summed E-state index contributed by atoms with van der Waals surface area (Å²) in [6.45, 7) is 7.75. The normalized spacial score (nSPS) is 18.9. The Morgan fingerprint density at radius 2 is 1.87 bits per heavy atom. The smallest absolute Gasteiger partial charge is 0.317 e. The van der Waals surface area contributed by atoms with Crippen molar-refractivity contribution >= 4 is 6.03 Å². The summed E-state index contributed by atoms with van der Waals surface area (Å²) in [6.07, 6.45) is 5.21. The molecule has 1 rings (SSSR count). The fourth-order valence-electron chi connectivity index (χ4n) is 2.37. The maximum Gasteiger partial charge on any atom is 0.317 e. The Hall–Kier alpha value is -0.730. The second-order valence-corrected chi connectivity index (χ2v) is 4.45. The van der Waals surface area contributed by atoms with Crippen LogP contribution in [0, 0.1) is 5.92 Å². The van der Waals surface area contributed by atoms with Crippen molar-refractivity contribution in [1.82, 2.24) is 10.2 Å². The van der Waals surface area contributed by atoms with E-state index in [0.29, 0.717) is 12.0 Å². The highest BCUT2D eigenvalue weighted by Gasteiger charge is 2.23. The first kappa shape index (κ1) is 12.3.